The van der Waals surface area contributed by atoms with Crippen LogP contribution < -0.4 is 15.0 Å². The number of methoxy groups -OCH3 is 1. The predicted molar refractivity (Wildman–Crippen MR) is 129 cm³/mol. The molecule has 2 saturated heterocycles. The first-order valence-electron chi connectivity index (χ1n) is 12.4. The molecule has 5 rings (SSSR count). The molecule has 4 heterocycles. The number of ether oxygens (including phenoxy) is 1. The summed E-state index contributed by atoms with van der Waals surface area (Å²) in [5.74, 6) is 3.09. The van der Waals surface area contributed by atoms with E-state index in [2.05, 4.69) is 22.3 Å². The standard InChI is InChI=1S/C26H35N5O2/c1-18-23-16-24(32)31(15-11-19-5-7-22(33-2)8-6-19)26(23)29-25(28-18)20-4-3-14-30(17-20)21-9-12-27-13-10-21/h5-8,20-21,27H,3-4,9-17H2,1-2H3/t20-/m1/s1. The lowest BCUT2D eigenvalue weighted by atomic mass is 9.93. The molecule has 7 heteroatoms. The van der Waals surface area contributed by atoms with Crippen LogP contribution in [-0.4, -0.2) is 66.7 Å². The fourth-order valence-electron chi connectivity index (χ4n) is 5.56. The fourth-order valence-corrected chi connectivity index (χ4v) is 5.56. The summed E-state index contributed by atoms with van der Waals surface area (Å²) in [6, 6.07) is 8.74. The van der Waals surface area contributed by atoms with Crippen molar-refractivity contribution in [2.24, 2.45) is 0 Å². The highest BCUT2D eigenvalue weighted by Crippen LogP contribution is 2.33. The normalized spacial score (nSPS) is 21.9. The maximum Gasteiger partial charge on any atom is 0.232 e. The van der Waals surface area contributed by atoms with Crippen LogP contribution in [0.5, 0.6) is 5.75 Å². The zero-order valence-corrected chi connectivity index (χ0v) is 19.8. The number of carbonyl (C=O) groups is 1. The molecule has 1 N–H and O–H groups in total. The van der Waals surface area contributed by atoms with E-state index in [1.54, 1.807) is 7.11 Å². The highest BCUT2D eigenvalue weighted by Gasteiger charge is 2.34. The topological polar surface area (TPSA) is 70.6 Å². The average molecular weight is 450 g/mol. The van der Waals surface area contributed by atoms with E-state index in [9.17, 15) is 4.79 Å². The first-order chi connectivity index (χ1) is 16.1. The molecule has 0 radical (unpaired) electrons. The third-order valence-corrected chi connectivity index (χ3v) is 7.52. The van der Waals surface area contributed by atoms with Gasteiger partial charge in [-0.1, -0.05) is 12.1 Å². The highest BCUT2D eigenvalue weighted by molar-refractivity contribution is 6.00. The molecule has 0 saturated carbocycles. The van der Waals surface area contributed by atoms with Gasteiger partial charge >= 0.3 is 0 Å². The number of carbonyl (C=O) groups excluding carboxylic acids is 1. The maximum atomic E-state index is 12.9. The molecule has 0 unspecified atom stereocenters. The third-order valence-electron chi connectivity index (χ3n) is 7.52. The Bertz CT molecular complexity index is 987. The molecule has 3 aliphatic heterocycles. The summed E-state index contributed by atoms with van der Waals surface area (Å²) in [7, 11) is 1.67. The van der Waals surface area contributed by atoms with Gasteiger partial charge in [-0.05, 0) is 76.4 Å². The summed E-state index contributed by atoms with van der Waals surface area (Å²) in [6.45, 7) is 7.12. The summed E-state index contributed by atoms with van der Waals surface area (Å²) >= 11 is 0. The van der Waals surface area contributed by atoms with Crippen LogP contribution in [0.4, 0.5) is 5.82 Å². The molecule has 1 aromatic heterocycles. The van der Waals surface area contributed by atoms with Gasteiger partial charge < -0.3 is 10.1 Å². The molecule has 0 aliphatic carbocycles. The van der Waals surface area contributed by atoms with Gasteiger partial charge in [0.05, 0.1) is 13.5 Å². The lowest BCUT2D eigenvalue weighted by molar-refractivity contribution is -0.117. The van der Waals surface area contributed by atoms with E-state index in [0.717, 1.165) is 61.1 Å². The van der Waals surface area contributed by atoms with Gasteiger partial charge in [-0.15, -0.1) is 0 Å². The Morgan fingerprint density at radius 1 is 1.12 bits per heavy atom. The monoisotopic (exact) mass is 449 g/mol. The highest BCUT2D eigenvalue weighted by atomic mass is 16.5. The van der Waals surface area contributed by atoms with Gasteiger partial charge in [0.1, 0.15) is 17.4 Å². The van der Waals surface area contributed by atoms with Crippen molar-refractivity contribution in [2.75, 3.05) is 44.7 Å². The van der Waals surface area contributed by atoms with Crippen LogP contribution in [0.2, 0.25) is 0 Å². The number of aryl methyl sites for hydroxylation is 1. The smallest absolute Gasteiger partial charge is 0.232 e. The van der Waals surface area contributed by atoms with Gasteiger partial charge in [-0.3, -0.25) is 14.6 Å². The van der Waals surface area contributed by atoms with E-state index in [-0.39, 0.29) is 5.91 Å². The number of rotatable bonds is 6. The Morgan fingerprint density at radius 3 is 2.67 bits per heavy atom. The van der Waals surface area contributed by atoms with E-state index < -0.39 is 0 Å². The van der Waals surface area contributed by atoms with Crippen LogP contribution in [0.25, 0.3) is 0 Å². The van der Waals surface area contributed by atoms with Crippen molar-refractivity contribution in [3.05, 3.63) is 46.9 Å². The van der Waals surface area contributed by atoms with Gasteiger partial charge in [0.15, 0.2) is 0 Å². The van der Waals surface area contributed by atoms with Crippen molar-refractivity contribution in [3.63, 3.8) is 0 Å². The Kier molecular flexibility index (Phi) is 6.60. The molecule has 1 atom stereocenters. The van der Waals surface area contributed by atoms with Gasteiger partial charge in [-0.2, -0.15) is 0 Å². The van der Waals surface area contributed by atoms with Gasteiger partial charge in [-0.25, -0.2) is 9.97 Å². The zero-order valence-electron chi connectivity index (χ0n) is 19.8. The summed E-state index contributed by atoms with van der Waals surface area (Å²) in [4.78, 5) is 27.4. The zero-order chi connectivity index (χ0) is 22.8. The largest absolute Gasteiger partial charge is 0.497 e. The molecular formula is C26H35N5O2. The van der Waals surface area contributed by atoms with E-state index in [1.807, 2.05) is 24.0 Å². The minimum atomic E-state index is 0.132. The number of benzene rings is 1. The van der Waals surface area contributed by atoms with Crippen molar-refractivity contribution < 1.29 is 9.53 Å². The Balaban J connectivity index is 1.32. The first-order valence-corrected chi connectivity index (χ1v) is 12.4. The van der Waals surface area contributed by atoms with E-state index >= 15 is 0 Å². The number of hydrogen-bond donors (Lipinski definition) is 1. The van der Waals surface area contributed by atoms with E-state index in [0.29, 0.717) is 24.9 Å². The SMILES string of the molecule is COc1ccc(CCN2C(=O)Cc3c(C)nc([C@@H]4CCCN(C5CCNCC5)C4)nc32)cc1. The fraction of sp³-hybridized carbons (Fsp3) is 0.577. The number of anilines is 1. The van der Waals surface area contributed by atoms with Gasteiger partial charge in [0.25, 0.3) is 0 Å². The first kappa shape index (κ1) is 22.3. The van der Waals surface area contributed by atoms with Crippen molar-refractivity contribution in [1.29, 1.82) is 0 Å². The summed E-state index contributed by atoms with van der Waals surface area (Å²) in [5.41, 5.74) is 3.16. The lowest BCUT2D eigenvalue weighted by Gasteiger charge is -2.39. The van der Waals surface area contributed by atoms with Crippen molar-refractivity contribution >= 4 is 11.7 Å². The quantitative estimate of drug-likeness (QED) is 0.731. The van der Waals surface area contributed by atoms with E-state index in [1.165, 1.54) is 31.4 Å². The molecule has 2 fully saturated rings. The van der Waals surface area contributed by atoms with Crippen molar-refractivity contribution in [3.8, 4) is 5.75 Å². The minimum Gasteiger partial charge on any atom is -0.497 e. The molecule has 1 aromatic carbocycles. The van der Waals surface area contributed by atoms with Crippen LogP contribution >= 0.6 is 0 Å². The molecule has 176 valence electrons. The van der Waals surface area contributed by atoms with Crippen molar-refractivity contribution in [2.45, 2.75) is 57.4 Å². The molecular weight excluding hydrogens is 414 g/mol. The van der Waals surface area contributed by atoms with Crippen LogP contribution in [0.1, 0.15) is 54.2 Å². The molecule has 0 bridgehead atoms. The maximum absolute atomic E-state index is 12.9. The molecule has 0 spiro atoms. The Labute approximate surface area is 196 Å². The number of amides is 1. The number of nitrogens with zero attached hydrogens (tertiary/aromatic N) is 4. The van der Waals surface area contributed by atoms with Crippen LogP contribution in [0, 0.1) is 6.92 Å². The summed E-state index contributed by atoms with van der Waals surface area (Å²) < 4.78 is 5.25. The number of fused-ring (bicyclic) bond motifs is 1. The predicted octanol–water partition coefficient (Wildman–Crippen LogP) is 2.86. The van der Waals surface area contributed by atoms with Gasteiger partial charge in [0, 0.05) is 36.3 Å². The molecule has 2 aromatic rings. The molecule has 3 aliphatic rings. The minimum absolute atomic E-state index is 0.132. The van der Waals surface area contributed by atoms with Crippen LogP contribution in [0.15, 0.2) is 24.3 Å². The second-order valence-corrected chi connectivity index (χ2v) is 9.60. The second-order valence-electron chi connectivity index (χ2n) is 9.60. The molecule has 7 nitrogen and oxygen atoms in total. The van der Waals surface area contributed by atoms with Crippen molar-refractivity contribution in [1.82, 2.24) is 20.2 Å². The molecule has 1 amide bonds. The lowest BCUT2D eigenvalue weighted by Crippen LogP contribution is -2.47. The third kappa shape index (κ3) is 4.75. The number of likely N-dealkylation sites (tertiary alicyclic amines) is 1. The van der Waals surface area contributed by atoms with Crippen LogP contribution in [-0.2, 0) is 17.6 Å². The molecule has 33 heavy (non-hydrogen) atoms. The average Bonchev–Trinajstić information content (AvgIpc) is 3.19. The van der Waals surface area contributed by atoms with E-state index in [4.69, 9.17) is 14.7 Å². The number of hydrogen-bond acceptors (Lipinski definition) is 6. The second kappa shape index (κ2) is 9.77. The number of nitrogens with one attached hydrogen (secondary N) is 1. The summed E-state index contributed by atoms with van der Waals surface area (Å²) in [6.07, 6.45) is 5.97. The Hall–Kier alpha value is -2.51. The number of aromatic nitrogens is 2. The number of piperidine rings is 2. The Morgan fingerprint density at radius 2 is 1.91 bits per heavy atom. The summed E-state index contributed by atoms with van der Waals surface area (Å²) in [5, 5.41) is 3.48. The van der Waals surface area contributed by atoms with Gasteiger partial charge in [0.2, 0.25) is 5.91 Å². The van der Waals surface area contributed by atoms with Crippen LogP contribution in [0.3, 0.4) is 0 Å².